The molecule has 4 heterocycles. The quantitative estimate of drug-likeness (QED) is 0.596. The molecule has 1 amide bonds. The minimum Gasteiger partial charge on any atom is -0.461 e. The van der Waals surface area contributed by atoms with E-state index < -0.39 is 0 Å². The molecule has 1 saturated heterocycles. The Balaban J connectivity index is 1.48. The van der Waals surface area contributed by atoms with Crippen LogP contribution in [0.15, 0.2) is 22.8 Å². The highest BCUT2D eigenvalue weighted by molar-refractivity contribution is 7.19. The van der Waals surface area contributed by atoms with Crippen molar-refractivity contribution in [3.05, 3.63) is 28.8 Å². The number of unbranched alkanes of at least 4 members (excludes halogenated alkanes) is 1. The standard InChI is InChI=1S/C23H28N4O2S/c1-2-3-10-19(28)26-11-13-27(14-12-26)22-20-16-7-4-5-9-18(16)30-23(20)25-21(24-22)17-8-6-15-29-17/h6,8,15H,2-5,7,9-14H2,1H3. The summed E-state index contributed by atoms with van der Waals surface area (Å²) in [6.07, 6.45) is 9.11. The molecule has 0 spiro atoms. The highest BCUT2D eigenvalue weighted by atomic mass is 32.1. The van der Waals surface area contributed by atoms with Crippen LogP contribution in [0.1, 0.15) is 49.5 Å². The monoisotopic (exact) mass is 424 g/mol. The highest BCUT2D eigenvalue weighted by Crippen LogP contribution is 2.41. The maximum atomic E-state index is 12.4. The summed E-state index contributed by atoms with van der Waals surface area (Å²) in [5.41, 5.74) is 1.45. The zero-order valence-corrected chi connectivity index (χ0v) is 18.3. The summed E-state index contributed by atoms with van der Waals surface area (Å²) in [6.45, 7) is 5.27. The fourth-order valence-corrected chi connectivity index (χ4v) is 5.79. The molecule has 2 aliphatic rings. The molecule has 7 heteroatoms. The molecule has 6 nitrogen and oxygen atoms in total. The van der Waals surface area contributed by atoms with Gasteiger partial charge in [0.25, 0.3) is 0 Å². The van der Waals surface area contributed by atoms with Crippen LogP contribution in [0.25, 0.3) is 21.8 Å². The van der Waals surface area contributed by atoms with Gasteiger partial charge in [-0.05, 0) is 49.8 Å². The Morgan fingerprint density at radius 2 is 2.00 bits per heavy atom. The van der Waals surface area contributed by atoms with E-state index in [-0.39, 0.29) is 5.91 Å². The van der Waals surface area contributed by atoms with E-state index in [0.29, 0.717) is 18.0 Å². The number of piperazine rings is 1. The first-order valence-corrected chi connectivity index (χ1v) is 11.9. The number of furan rings is 1. The van der Waals surface area contributed by atoms with Crippen LogP contribution in [0.3, 0.4) is 0 Å². The first-order chi connectivity index (χ1) is 14.7. The molecule has 0 atom stereocenters. The van der Waals surface area contributed by atoms with E-state index in [9.17, 15) is 4.79 Å². The van der Waals surface area contributed by atoms with Gasteiger partial charge in [0, 0.05) is 37.5 Å². The molecule has 0 N–H and O–H groups in total. The molecular weight excluding hydrogens is 396 g/mol. The summed E-state index contributed by atoms with van der Waals surface area (Å²) in [6, 6.07) is 3.80. The Bertz CT molecular complexity index is 1040. The van der Waals surface area contributed by atoms with Gasteiger partial charge in [0.05, 0.1) is 11.6 Å². The third kappa shape index (κ3) is 3.60. The lowest BCUT2D eigenvalue weighted by Crippen LogP contribution is -2.49. The van der Waals surface area contributed by atoms with E-state index in [1.165, 1.54) is 28.7 Å². The molecule has 0 aromatic carbocycles. The summed E-state index contributed by atoms with van der Waals surface area (Å²) in [5.74, 6) is 2.67. The molecule has 1 aliphatic heterocycles. The lowest BCUT2D eigenvalue weighted by molar-refractivity contribution is -0.131. The maximum absolute atomic E-state index is 12.4. The smallest absolute Gasteiger partial charge is 0.222 e. The Morgan fingerprint density at radius 1 is 1.17 bits per heavy atom. The van der Waals surface area contributed by atoms with Crippen LogP contribution in [-0.4, -0.2) is 47.0 Å². The molecule has 3 aromatic rings. The van der Waals surface area contributed by atoms with Crippen LogP contribution in [0.2, 0.25) is 0 Å². The molecule has 30 heavy (non-hydrogen) atoms. The molecule has 0 unspecified atom stereocenters. The number of nitrogens with zero attached hydrogens (tertiary/aromatic N) is 4. The molecule has 158 valence electrons. The molecule has 0 saturated carbocycles. The average Bonchev–Trinajstić information content (AvgIpc) is 3.45. The number of rotatable bonds is 5. The van der Waals surface area contributed by atoms with E-state index in [1.54, 1.807) is 6.26 Å². The van der Waals surface area contributed by atoms with Crippen molar-refractivity contribution in [3.8, 4) is 11.6 Å². The van der Waals surface area contributed by atoms with Crippen molar-refractivity contribution >= 4 is 33.3 Å². The normalized spacial score (nSPS) is 16.8. The molecule has 1 fully saturated rings. The van der Waals surface area contributed by atoms with Crippen molar-refractivity contribution in [3.63, 3.8) is 0 Å². The first kappa shape index (κ1) is 19.5. The third-order valence-electron chi connectivity index (χ3n) is 6.21. The van der Waals surface area contributed by atoms with Crippen molar-refractivity contribution in [1.29, 1.82) is 0 Å². The number of anilines is 1. The second kappa shape index (κ2) is 8.38. The second-order valence-corrected chi connectivity index (χ2v) is 9.29. The fraction of sp³-hybridized carbons (Fsp3) is 0.522. The van der Waals surface area contributed by atoms with E-state index >= 15 is 0 Å². The third-order valence-corrected chi connectivity index (χ3v) is 7.40. The van der Waals surface area contributed by atoms with E-state index in [0.717, 1.165) is 62.5 Å². The first-order valence-electron chi connectivity index (χ1n) is 11.1. The van der Waals surface area contributed by atoms with Crippen molar-refractivity contribution in [2.45, 2.75) is 51.9 Å². The fourth-order valence-electron chi connectivity index (χ4n) is 4.54. The number of fused-ring (bicyclic) bond motifs is 3. The zero-order chi connectivity index (χ0) is 20.5. The van der Waals surface area contributed by atoms with Crippen LogP contribution >= 0.6 is 11.3 Å². The van der Waals surface area contributed by atoms with E-state index in [2.05, 4.69) is 11.8 Å². The topological polar surface area (TPSA) is 62.5 Å². The SMILES string of the molecule is CCCCC(=O)N1CCN(c2nc(-c3ccco3)nc3sc4c(c23)CCCC4)CC1. The zero-order valence-electron chi connectivity index (χ0n) is 17.5. The number of aryl methyl sites for hydroxylation is 2. The van der Waals surface area contributed by atoms with E-state index in [4.69, 9.17) is 14.4 Å². The molecule has 5 rings (SSSR count). The van der Waals surface area contributed by atoms with Crippen molar-refractivity contribution in [1.82, 2.24) is 14.9 Å². The number of aromatic nitrogens is 2. The number of amides is 1. The Kier molecular flexibility index (Phi) is 5.46. The molecular formula is C23H28N4O2S. The van der Waals surface area contributed by atoms with Gasteiger partial charge >= 0.3 is 0 Å². The van der Waals surface area contributed by atoms with Crippen LogP contribution in [0.5, 0.6) is 0 Å². The van der Waals surface area contributed by atoms with Gasteiger partial charge in [-0.1, -0.05) is 13.3 Å². The van der Waals surface area contributed by atoms with E-state index in [1.807, 2.05) is 28.4 Å². The van der Waals surface area contributed by atoms with Gasteiger partial charge in [-0.2, -0.15) is 0 Å². The Hall–Kier alpha value is -2.41. The number of carbonyl (C=O) groups excluding carboxylic acids is 1. The predicted molar refractivity (Wildman–Crippen MR) is 120 cm³/mol. The largest absolute Gasteiger partial charge is 0.461 e. The van der Waals surface area contributed by atoms with Crippen molar-refractivity contribution < 1.29 is 9.21 Å². The Labute approximate surface area is 180 Å². The molecule has 0 radical (unpaired) electrons. The Morgan fingerprint density at radius 3 is 2.77 bits per heavy atom. The van der Waals surface area contributed by atoms with Crippen LogP contribution < -0.4 is 4.90 Å². The molecule has 0 bridgehead atoms. The summed E-state index contributed by atoms with van der Waals surface area (Å²) < 4.78 is 5.61. The number of carbonyl (C=O) groups is 1. The van der Waals surface area contributed by atoms with Gasteiger partial charge in [0.2, 0.25) is 5.91 Å². The number of hydrogen-bond acceptors (Lipinski definition) is 6. The number of thiophene rings is 1. The number of hydrogen-bond donors (Lipinski definition) is 0. The predicted octanol–water partition coefficient (Wildman–Crippen LogP) is 4.67. The van der Waals surface area contributed by atoms with Crippen molar-refractivity contribution in [2.75, 3.05) is 31.1 Å². The summed E-state index contributed by atoms with van der Waals surface area (Å²) in [4.78, 5) is 29.2. The lowest BCUT2D eigenvalue weighted by Gasteiger charge is -2.36. The molecule has 1 aliphatic carbocycles. The van der Waals surface area contributed by atoms with Crippen LogP contribution in [0.4, 0.5) is 5.82 Å². The average molecular weight is 425 g/mol. The summed E-state index contributed by atoms with van der Waals surface area (Å²) in [5, 5.41) is 1.23. The lowest BCUT2D eigenvalue weighted by atomic mass is 9.97. The summed E-state index contributed by atoms with van der Waals surface area (Å²) >= 11 is 1.82. The van der Waals surface area contributed by atoms with Crippen LogP contribution in [-0.2, 0) is 17.6 Å². The second-order valence-electron chi connectivity index (χ2n) is 8.21. The van der Waals surface area contributed by atoms with Crippen LogP contribution in [0, 0.1) is 0 Å². The molecule has 3 aromatic heterocycles. The maximum Gasteiger partial charge on any atom is 0.222 e. The van der Waals surface area contributed by atoms with Crippen molar-refractivity contribution in [2.24, 2.45) is 0 Å². The van der Waals surface area contributed by atoms with Gasteiger partial charge < -0.3 is 14.2 Å². The van der Waals surface area contributed by atoms with Gasteiger partial charge in [0.15, 0.2) is 11.6 Å². The summed E-state index contributed by atoms with van der Waals surface area (Å²) in [7, 11) is 0. The minimum absolute atomic E-state index is 0.286. The van der Waals surface area contributed by atoms with Gasteiger partial charge in [-0.3, -0.25) is 4.79 Å². The van der Waals surface area contributed by atoms with Gasteiger partial charge in [-0.15, -0.1) is 11.3 Å². The highest BCUT2D eigenvalue weighted by Gasteiger charge is 2.27. The van der Waals surface area contributed by atoms with Gasteiger partial charge in [-0.25, -0.2) is 9.97 Å². The van der Waals surface area contributed by atoms with Gasteiger partial charge in [0.1, 0.15) is 10.6 Å². The minimum atomic E-state index is 0.286.